The largest absolute Gasteiger partial charge is 0.368 e. The number of carbonyl (C=O) groups is 1. The van der Waals surface area contributed by atoms with Crippen LogP contribution in [0.4, 0.5) is 5.69 Å². The second-order valence-electron chi connectivity index (χ2n) is 5.65. The van der Waals surface area contributed by atoms with E-state index >= 15 is 0 Å². The normalized spacial score (nSPS) is 14.9. The third-order valence-corrected chi connectivity index (χ3v) is 4.26. The SMILES string of the molecule is Cc1cc(=O)c(C(=O)N2CCN(c3cccc(Cl)c3)CC2)c[nH]1. The Balaban J connectivity index is 1.69. The average molecular weight is 332 g/mol. The third-order valence-electron chi connectivity index (χ3n) is 4.03. The summed E-state index contributed by atoms with van der Waals surface area (Å²) in [5.74, 6) is -0.211. The molecule has 120 valence electrons. The van der Waals surface area contributed by atoms with Crippen molar-refractivity contribution in [2.75, 3.05) is 31.1 Å². The number of amides is 1. The van der Waals surface area contributed by atoms with Gasteiger partial charge in [0.05, 0.1) is 0 Å². The molecule has 1 amide bonds. The number of anilines is 1. The lowest BCUT2D eigenvalue weighted by atomic mass is 10.2. The van der Waals surface area contributed by atoms with Crippen molar-refractivity contribution in [2.45, 2.75) is 6.92 Å². The van der Waals surface area contributed by atoms with Gasteiger partial charge in [-0.05, 0) is 25.1 Å². The quantitative estimate of drug-likeness (QED) is 0.918. The van der Waals surface area contributed by atoms with Gasteiger partial charge in [0.25, 0.3) is 5.91 Å². The summed E-state index contributed by atoms with van der Waals surface area (Å²) in [4.78, 5) is 31.3. The van der Waals surface area contributed by atoms with E-state index in [1.165, 1.54) is 12.3 Å². The Bertz CT molecular complexity index is 779. The van der Waals surface area contributed by atoms with Crippen LogP contribution in [0.25, 0.3) is 0 Å². The van der Waals surface area contributed by atoms with E-state index in [1.54, 1.807) is 11.8 Å². The zero-order valence-electron chi connectivity index (χ0n) is 12.9. The fourth-order valence-corrected chi connectivity index (χ4v) is 2.94. The average Bonchev–Trinajstić information content (AvgIpc) is 2.54. The summed E-state index contributed by atoms with van der Waals surface area (Å²) in [6.45, 7) is 4.39. The van der Waals surface area contributed by atoms with Gasteiger partial charge >= 0.3 is 0 Å². The maximum Gasteiger partial charge on any atom is 0.259 e. The van der Waals surface area contributed by atoms with Gasteiger partial charge in [0.15, 0.2) is 5.43 Å². The van der Waals surface area contributed by atoms with Gasteiger partial charge in [-0.1, -0.05) is 17.7 Å². The Morgan fingerprint density at radius 1 is 1.17 bits per heavy atom. The Morgan fingerprint density at radius 2 is 1.91 bits per heavy atom. The van der Waals surface area contributed by atoms with Crippen molar-refractivity contribution in [1.29, 1.82) is 0 Å². The molecule has 1 fully saturated rings. The standard InChI is InChI=1S/C17H18ClN3O2/c1-12-9-16(22)15(11-19-12)17(23)21-7-5-20(6-8-21)14-4-2-3-13(18)10-14/h2-4,9-11H,5-8H2,1H3,(H,19,22). The molecule has 0 saturated carbocycles. The highest BCUT2D eigenvalue weighted by Crippen LogP contribution is 2.21. The van der Waals surface area contributed by atoms with Crippen LogP contribution in [-0.2, 0) is 0 Å². The summed E-state index contributed by atoms with van der Waals surface area (Å²) < 4.78 is 0. The van der Waals surface area contributed by atoms with Gasteiger partial charge in [0, 0.05) is 54.8 Å². The van der Waals surface area contributed by atoms with Crippen LogP contribution in [0.15, 0.2) is 41.3 Å². The molecule has 0 radical (unpaired) electrons. The summed E-state index contributed by atoms with van der Waals surface area (Å²) in [5.41, 5.74) is 1.77. The molecule has 2 heterocycles. The minimum absolute atomic E-state index is 0.201. The monoisotopic (exact) mass is 331 g/mol. The molecule has 1 aromatic heterocycles. The lowest BCUT2D eigenvalue weighted by Gasteiger charge is -2.36. The van der Waals surface area contributed by atoms with Gasteiger partial charge in [-0.25, -0.2) is 0 Å². The van der Waals surface area contributed by atoms with E-state index in [-0.39, 0.29) is 16.9 Å². The Hall–Kier alpha value is -2.27. The number of pyridine rings is 1. The maximum absolute atomic E-state index is 12.5. The van der Waals surface area contributed by atoms with Crippen molar-refractivity contribution in [2.24, 2.45) is 0 Å². The number of aryl methyl sites for hydroxylation is 1. The first-order valence-corrected chi connectivity index (χ1v) is 7.91. The first kappa shape index (κ1) is 15.6. The van der Waals surface area contributed by atoms with E-state index in [4.69, 9.17) is 11.6 Å². The molecule has 0 unspecified atom stereocenters. The van der Waals surface area contributed by atoms with Crippen molar-refractivity contribution >= 4 is 23.2 Å². The molecular weight excluding hydrogens is 314 g/mol. The lowest BCUT2D eigenvalue weighted by Crippen LogP contribution is -2.49. The van der Waals surface area contributed by atoms with Crippen molar-refractivity contribution in [3.63, 3.8) is 0 Å². The number of nitrogens with one attached hydrogen (secondary N) is 1. The number of halogens is 1. The molecule has 5 nitrogen and oxygen atoms in total. The number of aromatic amines is 1. The van der Waals surface area contributed by atoms with Gasteiger partial charge in [-0.15, -0.1) is 0 Å². The smallest absolute Gasteiger partial charge is 0.259 e. The number of hydrogen-bond donors (Lipinski definition) is 1. The molecule has 2 aromatic rings. The van der Waals surface area contributed by atoms with Crippen LogP contribution in [-0.4, -0.2) is 42.0 Å². The molecule has 1 N–H and O–H groups in total. The number of carbonyl (C=O) groups excluding carboxylic acids is 1. The molecule has 0 bridgehead atoms. The van der Waals surface area contributed by atoms with Crippen LogP contribution in [0, 0.1) is 6.92 Å². The number of hydrogen-bond acceptors (Lipinski definition) is 3. The third kappa shape index (κ3) is 3.40. The van der Waals surface area contributed by atoms with Crippen LogP contribution >= 0.6 is 11.6 Å². The molecule has 23 heavy (non-hydrogen) atoms. The zero-order valence-corrected chi connectivity index (χ0v) is 13.6. The summed E-state index contributed by atoms with van der Waals surface area (Å²) in [7, 11) is 0. The molecule has 3 rings (SSSR count). The molecule has 0 aliphatic carbocycles. The highest BCUT2D eigenvalue weighted by atomic mass is 35.5. The highest BCUT2D eigenvalue weighted by molar-refractivity contribution is 6.30. The van der Waals surface area contributed by atoms with E-state index in [1.807, 2.05) is 24.3 Å². The van der Waals surface area contributed by atoms with Gasteiger partial charge in [-0.3, -0.25) is 9.59 Å². The van der Waals surface area contributed by atoms with Crippen molar-refractivity contribution < 1.29 is 4.79 Å². The molecule has 1 saturated heterocycles. The molecule has 1 aliphatic heterocycles. The number of H-pyrrole nitrogens is 1. The minimum Gasteiger partial charge on any atom is -0.368 e. The molecule has 0 spiro atoms. The second-order valence-corrected chi connectivity index (χ2v) is 6.09. The molecular formula is C17H18ClN3O2. The van der Waals surface area contributed by atoms with Gasteiger partial charge in [0.2, 0.25) is 0 Å². The summed E-state index contributed by atoms with van der Waals surface area (Å²) in [5, 5.41) is 0.701. The van der Waals surface area contributed by atoms with E-state index in [0.717, 1.165) is 24.5 Å². The number of benzene rings is 1. The van der Waals surface area contributed by atoms with Crippen LogP contribution in [0.3, 0.4) is 0 Å². The maximum atomic E-state index is 12.5. The Labute approximate surface area is 139 Å². The predicted octanol–water partition coefficient (Wildman–Crippen LogP) is 2.30. The first-order valence-electron chi connectivity index (χ1n) is 7.54. The number of aromatic nitrogens is 1. The number of nitrogens with zero attached hydrogens (tertiary/aromatic N) is 2. The van der Waals surface area contributed by atoms with Crippen LogP contribution in [0.5, 0.6) is 0 Å². The van der Waals surface area contributed by atoms with E-state index in [2.05, 4.69) is 9.88 Å². The fraction of sp³-hybridized carbons (Fsp3) is 0.294. The summed E-state index contributed by atoms with van der Waals surface area (Å²) in [6, 6.07) is 9.14. The van der Waals surface area contributed by atoms with E-state index in [9.17, 15) is 9.59 Å². The molecule has 1 aromatic carbocycles. The van der Waals surface area contributed by atoms with Crippen molar-refractivity contribution in [1.82, 2.24) is 9.88 Å². The Morgan fingerprint density at radius 3 is 2.57 bits per heavy atom. The zero-order chi connectivity index (χ0) is 16.4. The molecule has 6 heteroatoms. The van der Waals surface area contributed by atoms with Gasteiger partial charge in [-0.2, -0.15) is 0 Å². The fourth-order valence-electron chi connectivity index (χ4n) is 2.75. The Kier molecular flexibility index (Phi) is 4.39. The lowest BCUT2D eigenvalue weighted by molar-refractivity contribution is 0.0745. The summed E-state index contributed by atoms with van der Waals surface area (Å²) >= 11 is 6.02. The van der Waals surface area contributed by atoms with E-state index < -0.39 is 0 Å². The van der Waals surface area contributed by atoms with Crippen molar-refractivity contribution in [3.05, 3.63) is 63.0 Å². The second kappa shape index (κ2) is 6.46. The van der Waals surface area contributed by atoms with Crippen molar-refractivity contribution in [3.8, 4) is 0 Å². The molecule has 0 atom stereocenters. The van der Waals surface area contributed by atoms with Crippen LogP contribution < -0.4 is 10.3 Å². The van der Waals surface area contributed by atoms with Crippen LogP contribution in [0.1, 0.15) is 16.1 Å². The summed E-state index contributed by atoms with van der Waals surface area (Å²) in [6.07, 6.45) is 1.50. The first-order chi connectivity index (χ1) is 11.0. The minimum atomic E-state index is -0.233. The van der Waals surface area contributed by atoms with Crippen LogP contribution in [0.2, 0.25) is 5.02 Å². The number of piperazine rings is 1. The molecule has 1 aliphatic rings. The van der Waals surface area contributed by atoms with E-state index in [0.29, 0.717) is 18.1 Å². The number of rotatable bonds is 2. The van der Waals surface area contributed by atoms with Gasteiger partial charge in [0.1, 0.15) is 5.56 Å². The predicted molar refractivity (Wildman–Crippen MR) is 91.4 cm³/mol. The highest BCUT2D eigenvalue weighted by Gasteiger charge is 2.24. The topological polar surface area (TPSA) is 56.4 Å². The van der Waals surface area contributed by atoms with Gasteiger partial charge < -0.3 is 14.8 Å².